The van der Waals surface area contributed by atoms with Gasteiger partial charge in [0.25, 0.3) is 5.91 Å². The maximum Gasteiger partial charge on any atom is 0.269 e. The van der Waals surface area contributed by atoms with E-state index < -0.39 is 0 Å². The molecule has 0 fully saturated rings. The Morgan fingerprint density at radius 3 is 2.47 bits per heavy atom. The van der Waals surface area contributed by atoms with Crippen molar-refractivity contribution in [2.75, 3.05) is 27.4 Å². The van der Waals surface area contributed by atoms with Crippen LogP contribution in [0.15, 0.2) is 24.3 Å². The lowest BCUT2D eigenvalue weighted by atomic mass is 10.2. The maximum absolute atomic E-state index is 11.8. The minimum absolute atomic E-state index is 0.279. The normalized spacial score (nSPS) is 9.58. The maximum atomic E-state index is 11.8. The molecular weight excluding hydrogens is 266 g/mol. The van der Waals surface area contributed by atoms with Crippen LogP contribution in [0.25, 0.3) is 0 Å². The summed E-state index contributed by atoms with van der Waals surface area (Å²) in [7, 11) is 3.17. The predicted octanol–water partition coefficient (Wildman–Crippen LogP) is 0.451. The summed E-state index contributed by atoms with van der Waals surface area (Å²) in [5.74, 6) is 0.416. The number of hydrogen-bond donors (Lipinski definition) is 3. The molecule has 0 aromatic heterocycles. The summed E-state index contributed by atoms with van der Waals surface area (Å²) in [5.41, 5.74) is 5.60. The molecule has 104 valence electrons. The molecule has 6 nitrogen and oxygen atoms in total. The van der Waals surface area contributed by atoms with Crippen LogP contribution in [0.5, 0.6) is 5.75 Å². The molecule has 3 N–H and O–H groups in total. The number of amides is 1. The molecule has 7 heteroatoms. The number of thiocarbonyl (C=S) groups is 1. The highest BCUT2D eigenvalue weighted by molar-refractivity contribution is 7.80. The average molecular weight is 283 g/mol. The fraction of sp³-hybridized carbons (Fsp3) is 0.333. The second-order valence-corrected chi connectivity index (χ2v) is 3.96. The third-order valence-electron chi connectivity index (χ3n) is 2.23. The van der Waals surface area contributed by atoms with Crippen LogP contribution >= 0.6 is 12.2 Å². The number of hydrazine groups is 1. The molecule has 0 heterocycles. The van der Waals surface area contributed by atoms with Gasteiger partial charge in [-0.25, -0.2) is 0 Å². The minimum atomic E-state index is -0.279. The molecule has 1 aromatic rings. The molecule has 1 aromatic carbocycles. The number of hydrogen-bond acceptors (Lipinski definition) is 4. The van der Waals surface area contributed by atoms with E-state index in [4.69, 9.17) is 21.7 Å². The van der Waals surface area contributed by atoms with Crippen LogP contribution in [0.1, 0.15) is 10.4 Å². The van der Waals surface area contributed by atoms with Crippen molar-refractivity contribution in [2.45, 2.75) is 0 Å². The van der Waals surface area contributed by atoms with Crippen molar-refractivity contribution in [3.05, 3.63) is 29.8 Å². The summed E-state index contributed by atoms with van der Waals surface area (Å²) in [4.78, 5) is 11.8. The Labute approximate surface area is 117 Å². The van der Waals surface area contributed by atoms with Gasteiger partial charge >= 0.3 is 0 Å². The van der Waals surface area contributed by atoms with E-state index >= 15 is 0 Å². The highest BCUT2D eigenvalue weighted by Gasteiger charge is 2.05. The minimum Gasteiger partial charge on any atom is -0.497 e. The van der Waals surface area contributed by atoms with Gasteiger partial charge in [-0.2, -0.15) is 0 Å². The summed E-state index contributed by atoms with van der Waals surface area (Å²) in [6, 6.07) is 6.75. The van der Waals surface area contributed by atoms with Crippen molar-refractivity contribution in [2.24, 2.45) is 0 Å². The van der Waals surface area contributed by atoms with Crippen LogP contribution in [-0.2, 0) is 4.74 Å². The quantitative estimate of drug-likeness (QED) is 0.414. The fourth-order valence-electron chi connectivity index (χ4n) is 1.24. The number of nitrogens with one attached hydrogen (secondary N) is 3. The summed E-state index contributed by atoms with van der Waals surface area (Å²) >= 11 is 4.96. The van der Waals surface area contributed by atoms with Gasteiger partial charge in [-0.1, -0.05) is 0 Å². The van der Waals surface area contributed by atoms with Gasteiger partial charge in [-0.05, 0) is 36.5 Å². The molecule has 0 spiro atoms. The molecule has 0 unspecified atom stereocenters. The first-order valence-corrected chi connectivity index (χ1v) is 6.05. The highest BCUT2D eigenvalue weighted by Crippen LogP contribution is 2.10. The first-order valence-electron chi connectivity index (χ1n) is 5.64. The molecular formula is C12H17N3O3S. The van der Waals surface area contributed by atoms with Gasteiger partial charge in [-0.15, -0.1) is 0 Å². The highest BCUT2D eigenvalue weighted by atomic mass is 32.1. The van der Waals surface area contributed by atoms with Gasteiger partial charge in [0.15, 0.2) is 5.11 Å². The topological polar surface area (TPSA) is 71.6 Å². The fourth-order valence-corrected chi connectivity index (χ4v) is 1.39. The summed E-state index contributed by atoms with van der Waals surface area (Å²) < 4.78 is 9.87. The van der Waals surface area contributed by atoms with E-state index in [-0.39, 0.29) is 5.91 Å². The number of carbonyl (C=O) groups is 1. The van der Waals surface area contributed by atoms with E-state index in [2.05, 4.69) is 16.2 Å². The van der Waals surface area contributed by atoms with E-state index in [1.165, 1.54) is 0 Å². The second-order valence-electron chi connectivity index (χ2n) is 3.56. The first kappa shape index (κ1) is 15.2. The zero-order valence-corrected chi connectivity index (χ0v) is 11.7. The third-order valence-corrected chi connectivity index (χ3v) is 2.48. The number of benzene rings is 1. The Morgan fingerprint density at radius 2 is 1.89 bits per heavy atom. The molecule has 19 heavy (non-hydrogen) atoms. The van der Waals surface area contributed by atoms with Crippen LogP contribution < -0.4 is 20.9 Å². The van der Waals surface area contributed by atoms with Crippen molar-refractivity contribution < 1.29 is 14.3 Å². The van der Waals surface area contributed by atoms with Crippen molar-refractivity contribution in [3.63, 3.8) is 0 Å². The first-order chi connectivity index (χ1) is 9.17. The Balaban J connectivity index is 2.35. The van der Waals surface area contributed by atoms with E-state index in [1.54, 1.807) is 38.5 Å². The molecule has 1 rings (SSSR count). The number of rotatable bonds is 5. The van der Waals surface area contributed by atoms with E-state index in [1.807, 2.05) is 0 Å². The van der Waals surface area contributed by atoms with Crippen LogP contribution in [0.4, 0.5) is 0 Å². The average Bonchev–Trinajstić information content (AvgIpc) is 2.45. The van der Waals surface area contributed by atoms with Crippen LogP contribution in [0, 0.1) is 0 Å². The largest absolute Gasteiger partial charge is 0.497 e. The molecule has 0 saturated heterocycles. The van der Waals surface area contributed by atoms with Gasteiger partial charge in [-0.3, -0.25) is 15.6 Å². The molecule has 0 aliphatic carbocycles. The monoisotopic (exact) mass is 283 g/mol. The zero-order valence-electron chi connectivity index (χ0n) is 10.9. The molecule has 0 saturated carbocycles. The third kappa shape index (κ3) is 5.54. The lowest BCUT2D eigenvalue weighted by Crippen LogP contribution is -2.47. The van der Waals surface area contributed by atoms with Crippen LogP contribution in [-0.4, -0.2) is 38.4 Å². The van der Waals surface area contributed by atoms with Crippen molar-refractivity contribution in [1.82, 2.24) is 16.2 Å². The van der Waals surface area contributed by atoms with E-state index in [9.17, 15) is 4.79 Å². The number of carbonyl (C=O) groups excluding carboxylic acids is 1. The van der Waals surface area contributed by atoms with Crippen molar-refractivity contribution in [1.29, 1.82) is 0 Å². The molecule has 0 atom stereocenters. The summed E-state index contributed by atoms with van der Waals surface area (Å²) in [5, 5.41) is 3.20. The number of ether oxygens (including phenoxy) is 2. The molecule has 0 aliphatic heterocycles. The van der Waals surface area contributed by atoms with Gasteiger partial charge in [0.05, 0.1) is 13.7 Å². The molecule has 0 aliphatic rings. The zero-order chi connectivity index (χ0) is 14.1. The smallest absolute Gasteiger partial charge is 0.269 e. The lowest BCUT2D eigenvalue weighted by Gasteiger charge is -2.11. The van der Waals surface area contributed by atoms with E-state index in [0.29, 0.717) is 29.6 Å². The molecule has 0 radical (unpaired) electrons. The summed E-state index contributed by atoms with van der Waals surface area (Å²) in [6.07, 6.45) is 0. The number of methoxy groups -OCH3 is 2. The molecule has 1 amide bonds. The summed E-state index contributed by atoms with van der Waals surface area (Å²) in [6.45, 7) is 1.11. The van der Waals surface area contributed by atoms with Crippen molar-refractivity contribution in [3.8, 4) is 5.75 Å². The second kappa shape index (κ2) is 8.28. The Morgan fingerprint density at radius 1 is 1.21 bits per heavy atom. The van der Waals surface area contributed by atoms with Crippen molar-refractivity contribution >= 4 is 23.2 Å². The van der Waals surface area contributed by atoms with Crippen LogP contribution in [0.2, 0.25) is 0 Å². The van der Waals surface area contributed by atoms with Gasteiger partial charge in [0.2, 0.25) is 0 Å². The van der Waals surface area contributed by atoms with Gasteiger partial charge in [0, 0.05) is 19.2 Å². The standard InChI is InChI=1S/C12H17N3O3S/c1-17-8-7-13-12(19)15-14-11(16)9-3-5-10(18-2)6-4-9/h3-6H,7-8H2,1-2H3,(H,14,16)(H2,13,15,19). The van der Waals surface area contributed by atoms with Gasteiger partial charge in [0.1, 0.15) is 5.75 Å². The predicted molar refractivity (Wildman–Crippen MR) is 76.1 cm³/mol. The van der Waals surface area contributed by atoms with E-state index in [0.717, 1.165) is 0 Å². The SMILES string of the molecule is COCCNC(=S)NNC(=O)c1ccc(OC)cc1. The Hall–Kier alpha value is -1.86. The lowest BCUT2D eigenvalue weighted by molar-refractivity contribution is 0.0943. The van der Waals surface area contributed by atoms with Crippen LogP contribution in [0.3, 0.4) is 0 Å². The Bertz CT molecular complexity index is 423. The molecule has 0 bridgehead atoms. The van der Waals surface area contributed by atoms with Gasteiger partial charge < -0.3 is 14.8 Å². The Kier molecular flexibility index (Phi) is 6.62.